The lowest BCUT2D eigenvalue weighted by molar-refractivity contribution is -0.106. The monoisotopic (exact) mass is 318 g/mol. The fourth-order valence-electron chi connectivity index (χ4n) is 2.19. The number of aromatic nitrogens is 2. The van der Waals surface area contributed by atoms with Gasteiger partial charge in [-0.3, -0.25) is 4.79 Å². The van der Waals surface area contributed by atoms with Crippen LogP contribution in [-0.4, -0.2) is 22.9 Å². The second-order valence-electron chi connectivity index (χ2n) is 5.04. The van der Waals surface area contributed by atoms with E-state index in [0.29, 0.717) is 18.2 Å². The van der Waals surface area contributed by atoms with Gasteiger partial charge in [0.2, 0.25) is 5.75 Å². The van der Waals surface area contributed by atoms with Crippen LogP contribution in [0.2, 0.25) is 0 Å². The van der Waals surface area contributed by atoms with Crippen molar-refractivity contribution in [1.29, 1.82) is 0 Å². The number of nitrogens with zero attached hydrogens (tertiary/aromatic N) is 1. The van der Waals surface area contributed by atoms with Gasteiger partial charge in [-0.25, -0.2) is 4.98 Å². The largest absolute Gasteiger partial charge is 0.458 e. The van der Waals surface area contributed by atoms with Gasteiger partial charge in [-0.15, -0.1) is 11.8 Å². The summed E-state index contributed by atoms with van der Waals surface area (Å²) in [6.45, 7) is 0.682. The molecule has 0 bridgehead atoms. The minimum absolute atomic E-state index is 0.223. The number of benzene rings is 1. The summed E-state index contributed by atoms with van der Waals surface area (Å²) < 4.78 is 11.0. The molecule has 116 valence electrons. The molecular formula is C16H18N2O3S. The van der Waals surface area contributed by atoms with Crippen molar-refractivity contribution in [2.45, 2.75) is 36.2 Å². The van der Waals surface area contributed by atoms with Gasteiger partial charge in [-0.1, -0.05) is 18.2 Å². The van der Waals surface area contributed by atoms with Crippen molar-refractivity contribution >= 4 is 11.8 Å². The molecule has 22 heavy (non-hydrogen) atoms. The number of ether oxygens (including phenoxy) is 2. The van der Waals surface area contributed by atoms with E-state index in [9.17, 15) is 4.79 Å². The van der Waals surface area contributed by atoms with Gasteiger partial charge in [0.15, 0.2) is 6.29 Å². The van der Waals surface area contributed by atoms with Gasteiger partial charge in [0.25, 0.3) is 5.56 Å². The van der Waals surface area contributed by atoms with Gasteiger partial charge >= 0.3 is 0 Å². The van der Waals surface area contributed by atoms with Crippen molar-refractivity contribution in [2.75, 3.05) is 6.61 Å². The van der Waals surface area contributed by atoms with Gasteiger partial charge in [-0.05, 0) is 25.0 Å². The summed E-state index contributed by atoms with van der Waals surface area (Å²) >= 11 is 1.63. The maximum absolute atomic E-state index is 12.0. The lowest BCUT2D eigenvalue weighted by Gasteiger charge is -2.22. The van der Waals surface area contributed by atoms with E-state index >= 15 is 0 Å². The lowest BCUT2D eigenvalue weighted by atomic mass is 10.2. The Morgan fingerprint density at radius 2 is 2.18 bits per heavy atom. The summed E-state index contributed by atoms with van der Waals surface area (Å²) in [4.78, 5) is 20.2. The van der Waals surface area contributed by atoms with Crippen LogP contribution in [0, 0.1) is 0 Å². The van der Waals surface area contributed by atoms with Crippen molar-refractivity contribution in [3.63, 3.8) is 0 Å². The quantitative estimate of drug-likeness (QED) is 0.859. The Hall–Kier alpha value is -1.79. The van der Waals surface area contributed by atoms with E-state index < -0.39 is 0 Å². The Morgan fingerprint density at radius 1 is 1.32 bits per heavy atom. The van der Waals surface area contributed by atoms with Crippen molar-refractivity contribution in [3.05, 3.63) is 52.7 Å². The molecule has 0 amide bonds. The van der Waals surface area contributed by atoms with Crippen LogP contribution in [-0.2, 0) is 10.5 Å². The first-order valence-electron chi connectivity index (χ1n) is 7.35. The van der Waals surface area contributed by atoms with Crippen LogP contribution in [0.3, 0.4) is 0 Å². The smallest absolute Gasteiger partial charge is 0.293 e. The van der Waals surface area contributed by atoms with Gasteiger partial charge in [0.05, 0.1) is 18.6 Å². The molecule has 0 radical (unpaired) electrons. The first-order chi connectivity index (χ1) is 10.8. The molecule has 1 N–H and O–H groups in total. The van der Waals surface area contributed by atoms with E-state index in [-0.39, 0.29) is 17.6 Å². The number of nitrogens with one attached hydrogen (secondary N) is 1. The molecule has 1 aliphatic heterocycles. The number of rotatable bonds is 5. The highest BCUT2D eigenvalue weighted by Gasteiger charge is 2.17. The lowest BCUT2D eigenvalue weighted by Crippen LogP contribution is -2.28. The third kappa shape index (κ3) is 4.11. The van der Waals surface area contributed by atoms with Crippen molar-refractivity contribution in [2.24, 2.45) is 0 Å². The van der Waals surface area contributed by atoms with Crippen molar-refractivity contribution < 1.29 is 9.47 Å². The summed E-state index contributed by atoms with van der Waals surface area (Å²) in [5.74, 6) is 1.47. The molecule has 5 nitrogen and oxygen atoms in total. The molecule has 6 heteroatoms. The maximum atomic E-state index is 12.0. The van der Waals surface area contributed by atoms with E-state index in [4.69, 9.17) is 9.47 Å². The standard InChI is InChI=1S/C16H18N2O3S/c19-16-13(21-15-8-4-5-9-20-15)10-17-14(18-16)11-22-12-6-2-1-3-7-12/h1-3,6-7,10,15H,4-5,8-9,11H2,(H,17,18,19). The molecule has 3 rings (SSSR count). The number of hydrogen-bond acceptors (Lipinski definition) is 5. The average molecular weight is 318 g/mol. The molecule has 1 unspecified atom stereocenters. The molecule has 0 aliphatic carbocycles. The highest BCUT2D eigenvalue weighted by Crippen LogP contribution is 2.20. The molecule has 1 fully saturated rings. The maximum Gasteiger partial charge on any atom is 0.293 e. The zero-order valence-electron chi connectivity index (χ0n) is 12.2. The van der Waals surface area contributed by atoms with E-state index in [1.807, 2.05) is 30.3 Å². The Bertz CT molecular complexity index is 654. The van der Waals surface area contributed by atoms with E-state index in [1.165, 1.54) is 6.20 Å². The molecule has 1 saturated heterocycles. The van der Waals surface area contributed by atoms with Crippen LogP contribution in [0.1, 0.15) is 25.1 Å². The Kier molecular flexibility index (Phi) is 5.13. The summed E-state index contributed by atoms with van der Waals surface area (Å²) in [5, 5.41) is 0. The normalized spacial score (nSPS) is 18.1. The van der Waals surface area contributed by atoms with Crippen LogP contribution in [0.25, 0.3) is 0 Å². The average Bonchev–Trinajstić information content (AvgIpc) is 2.57. The minimum Gasteiger partial charge on any atom is -0.458 e. The van der Waals surface area contributed by atoms with Crippen molar-refractivity contribution in [3.8, 4) is 5.75 Å². The molecule has 2 heterocycles. The van der Waals surface area contributed by atoms with Gasteiger partial charge in [0.1, 0.15) is 5.82 Å². The number of aromatic amines is 1. The Morgan fingerprint density at radius 3 is 2.91 bits per heavy atom. The number of H-pyrrole nitrogens is 1. The van der Waals surface area contributed by atoms with Crippen LogP contribution in [0.5, 0.6) is 5.75 Å². The van der Waals surface area contributed by atoms with Gasteiger partial charge in [-0.2, -0.15) is 0 Å². The van der Waals surface area contributed by atoms with E-state index in [2.05, 4.69) is 9.97 Å². The van der Waals surface area contributed by atoms with Crippen LogP contribution in [0.15, 0.2) is 46.2 Å². The zero-order chi connectivity index (χ0) is 15.2. The predicted molar refractivity (Wildman–Crippen MR) is 85.1 cm³/mol. The number of hydrogen-bond donors (Lipinski definition) is 1. The second-order valence-corrected chi connectivity index (χ2v) is 6.09. The Labute approximate surface area is 133 Å². The molecule has 0 saturated carbocycles. The number of thioether (sulfide) groups is 1. The fraction of sp³-hybridized carbons (Fsp3) is 0.375. The molecule has 1 aromatic carbocycles. The minimum atomic E-state index is -0.332. The second kappa shape index (κ2) is 7.47. The first kappa shape index (κ1) is 15.1. The zero-order valence-corrected chi connectivity index (χ0v) is 13.0. The Balaban J connectivity index is 1.60. The van der Waals surface area contributed by atoms with E-state index in [1.54, 1.807) is 11.8 Å². The van der Waals surface area contributed by atoms with Crippen LogP contribution < -0.4 is 10.3 Å². The van der Waals surface area contributed by atoms with Crippen LogP contribution in [0.4, 0.5) is 0 Å². The molecule has 2 aromatic rings. The van der Waals surface area contributed by atoms with Gasteiger partial charge < -0.3 is 14.5 Å². The highest BCUT2D eigenvalue weighted by atomic mass is 32.2. The van der Waals surface area contributed by atoms with Crippen LogP contribution >= 0.6 is 11.8 Å². The molecular weight excluding hydrogens is 300 g/mol. The summed E-state index contributed by atoms with van der Waals surface area (Å²) in [6, 6.07) is 10.0. The summed E-state index contributed by atoms with van der Waals surface area (Å²) in [5.41, 5.74) is -0.257. The SMILES string of the molecule is O=c1[nH]c(CSc2ccccc2)ncc1OC1CCCCO1. The molecule has 1 aromatic heterocycles. The van der Waals surface area contributed by atoms with Gasteiger partial charge in [0, 0.05) is 11.3 Å². The summed E-state index contributed by atoms with van der Waals surface area (Å²) in [7, 11) is 0. The fourth-order valence-corrected chi connectivity index (χ4v) is 2.99. The highest BCUT2D eigenvalue weighted by molar-refractivity contribution is 7.98. The third-order valence-corrected chi connectivity index (χ3v) is 4.36. The first-order valence-corrected chi connectivity index (χ1v) is 8.34. The molecule has 0 spiro atoms. The summed E-state index contributed by atoms with van der Waals surface area (Å²) in [6.07, 6.45) is 4.07. The third-order valence-electron chi connectivity index (χ3n) is 3.33. The topological polar surface area (TPSA) is 64.2 Å². The van der Waals surface area contributed by atoms with E-state index in [0.717, 1.165) is 24.2 Å². The molecule has 1 aliphatic rings. The predicted octanol–water partition coefficient (Wildman–Crippen LogP) is 2.97. The molecule has 1 atom stereocenters. The van der Waals surface area contributed by atoms with Crippen molar-refractivity contribution in [1.82, 2.24) is 9.97 Å².